The molecule has 0 saturated carbocycles. The van der Waals surface area contributed by atoms with E-state index in [2.05, 4.69) is 24.2 Å². The van der Waals surface area contributed by atoms with Crippen LogP contribution in [0.15, 0.2) is 30.5 Å². The van der Waals surface area contributed by atoms with Crippen LogP contribution in [0.3, 0.4) is 0 Å². The molecule has 0 bridgehead atoms. The number of aldehydes is 1. The molecule has 0 aliphatic carbocycles. The van der Waals surface area contributed by atoms with E-state index in [1.54, 1.807) is 10.9 Å². The summed E-state index contributed by atoms with van der Waals surface area (Å²) in [7, 11) is 0. The molecule has 94 valence electrons. The lowest BCUT2D eigenvalue weighted by atomic mass is 10.0. The fourth-order valence-corrected chi connectivity index (χ4v) is 2.03. The zero-order valence-corrected chi connectivity index (χ0v) is 10.9. The van der Waals surface area contributed by atoms with Crippen LogP contribution >= 0.6 is 0 Å². The minimum absolute atomic E-state index is 0.653. The van der Waals surface area contributed by atoms with E-state index in [9.17, 15) is 4.79 Å². The number of nitrogens with zero attached hydrogens (tertiary/aromatic N) is 2. The van der Waals surface area contributed by atoms with E-state index in [4.69, 9.17) is 0 Å². The Balaban J connectivity index is 2.35. The van der Waals surface area contributed by atoms with Gasteiger partial charge in [-0.05, 0) is 18.9 Å². The summed E-state index contributed by atoms with van der Waals surface area (Å²) in [6, 6.07) is 8.30. The first-order valence-corrected chi connectivity index (χ1v) is 6.40. The minimum Gasteiger partial charge on any atom is -0.298 e. The van der Waals surface area contributed by atoms with E-state index in [1.807, 2.05) is 19.1 Å². The van der Waals surface area contributed by atoms with Crippen LogP contribution in [0.4, 0.5) is 0 Å². The van der Waals surface area contributed by atoms with Gasteiger partial charge in [-0.1, -0.05) is 37.6 Å². The minimum atomic E-state index is 0.653. The molecule has 0 spiro atoms. The van der Waals surface area contributed by atoms with Crippen LogP contribution in [-0.2, 0) is 13.0 Å². The molecule has 2 aromatic rings. The average molecular weight is 242 g/mol. The standard InChI is InChI=1S/C15H18N2O/c1-3-5-12-6-8-13(9-7-12)15-14(11-18)10-17(4-2)16-15/h6-11H,3-5H2,1-2H3. The Hall–Kier alpha value is -1.90. The normalized spacial score (nSPS) is 10.6. The Morgan fingerprint density at radius 3 is 2.50 bits per heavy atom. The Morgan fingerprint density at radius 2 is 1.94 bits per heavy atom. The van der Waals surface area contributed by atoms with E-state index >= 15 is 0 Å². The quantitative estimate of drug-likeness (QED) is 0.754. The molecular formula is C15H18N2O. The zero-order chi connectivity index (χ0) is 13.0. The second-order valence-electron chi connectivity index (χ2n) is 4.35. The van der Waals surface area contributed by atoms with Gasteiger partial charge >= 0.3 is 0 Å². The molecule has 0 fully saturated rings. The van der Waals surface area contributed by atoms with Crippen molar-refractivity contribution in [3.8, 4) is 11.3 Å². The van der Waals surface area contributed by atoms with Crippen molar-refractivity contribution in [1.29, 1.82) is 0 Å². The lowest BCUT2D eigenvalue weighted by Crippen LogP contribution is -1.94. The topological polar surface area (TPSA) is 34.9 Å². The van der Waals surface area contributed by atoms with Gasteiger partial charge in [-0.2, -0.15) is 5.10 Å². The first-order valence-electron chi connectivity index (χ1n) is 6.40. The van der Waals surface area contributed by atoms with Crippen LogP contribution in [0.25, 0.3) is 11.3 Å². The molecular weight excluding hydrogens is 224 g/mol. The highest BCUT2D eigenvalue weighted by molar-refractivity contribution is 5.85. The maximum atomic E-state index is 11.0. The van der Waals surface area contributed by atoms with Gasteiger partial charge in [-0.15, -0.1) is 0 Å². The summed E-state index contributed by atoms with van der Waals surface area (Å²) in [6.07, 6.45) is 4.89. The third-order valence-corrected chi connectivity index (χ3v) is 3.01. The highest BCUT2D eigenvalue weighted by atomic mass is 16.1. The van der Waals surface area contributed by atoms with Crippen LogP contribution in [-0.4, -0.2) is 16.1 Å². The van der Waals surface area contributed by atoms with Gasteiger partial charge in [0.15, 0.2) is 6.29 Å². The van der Waals surface area contributed by atoms with Gasteiger partial charge < -0.3 is 0 Å². The van der Waals surface area contributed by atoms with Gasteiger partial charge in [0.2, 0.25) is 0 Å². The predicted octanol–water partition coefficient (Wildman–Crippen LogP) is 3.34. The maximum absolute atomic E-state index is 11.0. The van der Waals surface area contributed by atoms with Crippen molar-refractivity contribution in [2.75, 3.05) is 0 Å². The molecule has 18 heavy (non-hydrogen) atoms. The third kappa shape index (κ3) is 2.50. The van der Waals surface area contributed by atoms with Crippen molar-refractivity contribution in [2.24, 2.45) is 0 Å². The Kier molecular flexibility index (Phi) is 3.92. The molecule has 0 radical (unpaired) electrons. The Bertz CT molecular complexity index is 526. The molecule has 0 saturated heterocycles. The van der Waals surface area contributed by atoms with E-state index in [-0.39, 0.29) is 0 Å². The number of carbonyl (C=O) groups excluding carboxylic acids is 1. The summed E-state index contributed by atoms with van der Waals surface area (Å²) in [6.45, 7) is 4.95. The summed E-state index contributed by atoms with van der Waals surface area (Å²) in [5.41, 5.74) is 3.75. The van der Waals surface area contributed by atoms with Crippen molar-refractivity contribution in [3.05, 3.63) is 41.6 Å². The van der Waals surface area contributed by atoms with Crippen LogP contribution in [0, 0.1) is 0 Å². The highest BCUT2D eigenvalue weighted by Crippen LogP contribution is 2.21. The fourth-order valence-electron chi connectivity index (χ4n) is 2.03. The number of rotatable bonds is 5. The van der Waals surface area contributed by atoms with Gasteiger partial charge in [0, 0.05) is 18.3 Å². The zero-order valence-electron chi connectivity index (χ0n) is 10.9. The largest absolute Gasteiger partial charge is 0.298 e. The summed E-state index contributed by atoms with van der Waals surface area (Å²) in [4.78, 5) is 11.0. The van der Waals surface area contributed by atoms with Gasteiger partial charge in [0.1, 0.15) is 5.69 Å². The van der Waals surface area contributed by atoms with E-state index in [0.29, 0.717) is 5.56 Å². The summed E-state index contributed by atoms with van der Waals surface area (Å²) >= 11 is 0. The number of aryl methyl sites for hydroxylation is 2. The summed E-state index contributed by atoms with van der Waals surface area (Å²) in [5.74, 6) is 0. The van der Waals surface area contributed by atoms with Gasteiger partial charge in [-0.25, -0.2) is 0 Å². The lowest BCUT2D eigenvalue weighted by molar-refractivity contribution is 0.112. The molecule has 0 aliphatic heterocycles. The second-order valence-corrected chi connectivity index (χ2v) is 4.35. The fraction of sp³-hybridized carbons (Fsp3) is 0.333. The highest BCUT2D eigenvalue weighted by Gasteiger charge is 2.09. The van der Waals surface area contributed by atoms with Crippen molar-refractivity contribution < 1.29 is 4.79 Å². The Morgan fingerprint density at radius 1 is 1.22 bits per heavy atom. The predicted molar refractivity (Wildman–Crippen MR) is 72.7 cm³/mol. The lowest BCUT2D eigenvalue weighted by Gasteiger charge is -2.01. The van der Waals surface area contributed by atoms with Crippen molar-refractivity contribution in [2.45, 2.75) is 33.2 Å². The molecule has 0 atom stereocenters. The van der Waals surface area contributed by atoms with Crippen molar-refractivity contribution >= 4 is 6.29 Å². The van der Waals surface area contributed by atoms with Crippen molar-refractivity contribution in [1.82, 2.24) is 9.78 Å². The van der Waals surface area contributed by atoms with Crippen LogP contribution in [0.2, 0.25) is 0 Å². The van der Waals surface area contributed by atoms with Crippen molar-refractivity contribution in [3.63, 3.8) is 0 Å². The molecule has 1 aromatic heterocycles. The summed E-state index contributed by atoms with van der Waals surface area (Å²) < 4.78 is 1.79. The van der Waals surface area contributed by atoms with E-state index < -0.39 is 0 Å². The molecule has 3 heteroatoms. The van der Waals surface area contributed by atoms with Crippen LogP contribution in [0.1, 0.15) is 36.2 Å². The SMILES string of the molecule is CCCc1ccc(-c2nn(CC)cc2C=O)cc1. The molecule has 0 unspecified atom stereocenters. The Labute approximate surface area is 107 Å². The van der Waals surface area contributed by atoms with Crippen LogP contribution < -0.4 is 0 Å². The number of carbonyl (C=O) groups is 1. The van der Waals surface area contributed by atoms with E-state index in [0.717, 1.165) is 36.9 Å². The van der Waals surface area contributed by atoms with Gasteiger partial charge in [-0.3, -0.25) is 9.48 Å². The number of hydrogen-bond acceptors (Lipinski definition) is 2. The molecule has 1 aromatic carbocycles. The molecule has 0 N–H and O–H groups in total. The molecule has 0 aliphatic rings. The molecule has 3 nitrogen and oxygen atoms in total. The number of benzene rings is 1. The first kappa shape index (κ1) is 12.6. The first-order chi connectivity index (χ1) is 8.78. The molecule has 2 rings (SSSR count). The second kappa shape index (κ2) is 5.63. The number of aromatic nitrogens is 2. The number of hydrogen-bond donors (Lipinski definition) is 0. The monoisotopic (exact) mass is 242 g/mol. The van der Waals surface area contributed by atoms with Crippen LogP contribution in [0.5, 0.6) is 0 Å². The smallest absolute Gasteiger partial charge is 0.153 e. The average Bonchev–Trinajstić information content (AvgIpc) is 2.83. The summed E-state index contributed by atoms with van der Waals surface area (Å²) in [5, 5.41) is 4.43. The maximum Gasteiger partial charge on any atom is 0.153 e. The molecule has 0 amide bonds. The van der Waals surface area contributed by atoms with E-state index in [1.165, 1.54) is 5.56 Å². The van der Waals surface area contributed by atoms with Gasteiger partial charge in [0.05, 0.1) is 5.56 Å². The molecule has 1 heterocycles. The van der Waals surface area contributed by atoms with Gasteiger partial charge in [0.25, 0.3) is 0 Å². The third-order valence-electron chi connectivity index (χ3n) is 3.01.